The lowest BCUT2D eigenvalue weighted by molar-refractivity contribution is 0.472. The molecule has 4 heteroatoms. The highest BCUT2D eigenvalue weighted by Gasteiger charge is 2.10. The Labute approximate surface area is 129 Å². The Morgan fingerprint density at radius 3 is 2.67 bits per heavy atom. The molecule has 112 valence electrons. The molecule has 0 fully saturated rings. The summed E-state index contributed by atoms with van der Waals surface area (Å²) in [6, 6.07) is 10.2. The van der Waals surface area contributed by atoms with E-state index in [-0.39, 0.29) is 11.9 Å². The number of halogens is 2. The van der Waals surface area contributed by atoms with Gasteiger partial charge in [-0.1, -0.05) is 30.7 Å². The van der Waals surface area contributed by atoms with Crippen molar-refractivity contribution in [2.45, 2.75) is 26.8 Å². The van der Waals surface area contributed by atoms with Gasteiger partial charge >= 0.3 is 0 Å². The van der Waals surface area contributed by atoms with Crippen LogP contribution in [0.4, 0.5) is 4.39 Å². The van der Waals surface area contributed by atoms with Crippen molar-refractivity contribution in [1.82, 2.24) is 5.32 Å². The highest BCUT2D eigenvalue weighted by atomic mass is 35.5. The van der Waals surface area contributed by atoms with Crippen LogP contribution in [0.5, 0.6) is 11.5 Å². The molecule has 1 N–H and O–H groups in total. The quantitative estimate of drug-likeness (QED) is 0.814. The number of benzene rings is 2. The first-order valence-corrected chi connectivity index (χ1v) is 7.36. The third-order valence-corrected chi connectivity index (χ3v) is 3.65. The number of aryl methyl sites for hydroxylation is 1. The number of hydrogen-bond acceptors (Lipinski definition) is 2. The summed E-state index contributed by atoms with van der Waals surface area (Å²) in [5, 5.41) is 3.95. The van der Waals surface area contributed by atoms with Crippen LogP contribution in [0.25, 0.3) is 0 Å². The van der Waals surface area contributed by atoms with Crippen LogP contribution >= 0.6 is 11.6 Å². The van der Waals surface area contributed by atoms with Gasteiger partial charge in [-0.3, -0.25) is 0 Å². The molecule has 1 atom stereocenters. The maximum Gasteiger partial charge on any atom is 0.133 e. The Morgan fingerprint density at radius 1 is 1.24 bits per heavy atom. The summed E-state index contributed by atoms with van der Waals surface area (Å²) in [6.45, 7) is 6.85. The summed E-state index contributed by atoms with van der Waals surface area (Å²) in [4.78, 5) is 0. The molecule has 2 rings (SSSR count). The summed E-state index contributed by atoms with van der Waals surface area (Å²) >= 11 is 6.30. The minimum Gasteiger partial charge on any atom is -0.457 e. The smallest absolute Gasteiger partial charge is 0.133 e. The summed E-state index contributed by atoms with van der Waals surface area (Å²) in [7, 11) is 0. The maximum atomic E-state index is 13.3. The molecule has 0 aliphatic heterocycles. The molecule has 0 bridgehead atoms. The largest absolute Gasteiger partial charge is 0.457 e. The molecule has 2 nitrogen and oxygen atoms in total. The van der Waals surface area contributed by atoms with Crippen molar-refractivity contribution in [3.05, 3.63) is 58.4 Å². The van der Waals surface area contributed by atoms with E-state index in [9.17, 15) is 4.39 Å². The normalized spacial score (nSPS) is 12.2. The van der Waals surface area contributed by atoms with Gasteiger partial charge in [0.1, 0.15) is 17.3 Å². The lowest BCUT2D eigenvalue weighted by Gasteiger charge is -2.16. The van der Waals surface area contributed by atoms with Gasteiger partial charge in [-0.25, -0.2) is 4.39 Å². The van der Waals surface area contributed by atoms with Crippen molar-refractivity contribution < 1.29 is 9.13 Å². The molecule has 0 aromatic heterocycles. The Hall–Kier alpha value is -1.58. The third kappa shape index (κ3) is 3.96. The molecule has 0 aliphatic carbocycles. The summed E-state index contributed by atoms with van der Waals surface area (Å²) in [5.74, 6) is 0.777. The van der Waals surface area contributed by atoms with Crippen molar-refractivity contribution in [3.63, 3.8) is 0 Å². The van der Waals surface area contributed by atoms with Crippen LogP contribution in [0.1, 0.15) is 31.0 Å². The molecular weight excluding hydrogens is 289 g/mol. The number of nitrogens with one attached hydrogen (secondary N) is 1. The zero-order valence-corrected chi connectivity index (χ0v) is 13.2. The van der Waals surface area contributed by atoms with Gasteiger partial charge in [-0.05, 0) is 49.7 Å². The molecule has 0 spiro atoms. The van der Waals surface area contributed by atoms with Crippen molar-refractivity contribution in [2.24, 2.45) is 0 Å². The van der Waals surface area contributed by atoms with E-state index in [1.165, 1.54) is 12.1 Å². The van der Waals surface area contributed by atoms with Crippen molar-refractivity contribution >= 4 is 11.6 Å². The topological polar surface area (TPSA) is 21.3 Å². The fourth-order valence-corrected chi connectivity index (χ4v) is 2.48. The average molecular weight is 308 g/mol. The minimum absolute atomic E-state index is 0.174. The first-order valence-electron chi connectivity index (χ1n) is 6.98. The van der Waals surface area contributed by atoms with E-state index in [2.05, 4.69) is 19.2 Å². The first-order chi connectivity index (χ1) is 10.0. The van der Waals surface area contributed by atoms with Gasteiger partial charge in [0, 0.05) is 17.1 Å². The van der Waals surface area contributed by atoms with E-state index in [0.717, 1.165) is 17.7 Å². The fourth-order valence-electron chi connectivity index (χ4n) is 2.15. The van der Waals surface area contributed by atoms with Crippen molar-refractivity contribution in [2.75, 3.05) is 6.54 Å². The van der Waals surface area contributed by atoms with Gasteiger partial charge < -0.3 is 10.1 Å². The van der Waals surface area contributed by atoms with Gasteiger partial charge in [0.2, 0.25) is 0 Å². The van der Waals surface area contributed by atoms with Gasteiger partial charge in [-0.15, -0.1) is 0 Å². The van der Waals surface area contributed by atoms with E-state index in [1.54, 1.807) is 12.1 Å². The molecule has 2 aromatic rings. The molecule has 0 amide bonds. The standard InChI is InChI=1S/C17H19ClFNO/c1-4-20-12(3)15-8-7-14(10-16(15)18)21-17-9-13(19)6-5-11(17)2/h5-10,12,20H,4H2,1-3H3. The second kappa shape index (κ2) is 6.92. The SMILES string of the molecule is CCNC(C)c1ccc(Oc2cc(F)ccc2C)cc1Cl. The number of hydrogen-bond donors (Lipinski definition) is 1. The van der Waals surface area contributed by atoms with Crippen LogP contribution in [-0.4, -0.2) is 6.54 Å². The number of ether oxygens (including phenoxy) is 1. The predicted molar refractivity (Wildman–Crippen MR) is 84.8 cm³/mol. The van der Waals surface area contributed by atoms with Crippen LogP contribution in [0.3, 0.4) is 0 Å². The molecule has 0 aliphatic rings. The second-order valence-electron chi connectivity index (χ2n) is 4.97. The molecule has 21 heavy (non-hydrogen) atoms. The molecule has 0 heterocycles. The van der Waals surface area contributed by atoms with Crippen LogP contribution in [0.2, 0.25) is 5.02 Å². The molecule has 0 saturated carbocycles. The van der Waals surface area contributed by atoms with Crippen molar-refractivity contribution in [1.29, 1.82) is 0 Å². The fraction of sp³-hybridized carbons (Fsp3) is 0.294. The molecular formula is C17H19ClFNO. The lowest BCUT2D eigenvalue weighted by Crippen LogP contribution is -2.17. The second-order valence-corrected chi connectivity index (χ2v) is 5.38. The van der Waals surface area contributed by atoms with Gasteiger partial charge in [0.25, 0.3) is 0 Å². The van der Waals surface area contributed by atoms with E-state index in [0.29, 0.717) is 16.5 Å². The summed E-state index contributed by atoms with van der Waals surface area (Å²) in [5.41, 5.74) is 1.89. The van der Waals surface area contributed by atoms with Crippen LogP contribution < -0.4 is 10.1 Å². The zero-order valence-electron chi connectivity index (χ0n) is 12.4. The zero-order chi connectivity index (χ0) is 15.4. The minimum atomic E-state index is -0.320. The summed E-state index contributed by atoms with van der Waals surface area (Å²) in [6.07, 6.45) is 0. The lowest BCUT2D eigenvalue weighted by atomic mass is 10.1. The van der Waals surface area contributed by atoms with E-state index in [4.69, 9.17) is 16.3 Å². The predicted octanol–water partition coefficient (Wildman–Crippen LogP) is 5.25. The molecule has 0 saturated heterocycles. The Morgan fingerprint density at radius 2 is 2.00 bits per heavy atom. The van der Waals surface area contributed by atoms with Gasteiger partial charge in [-0.2, -0.15) is 0 Å². The van der Waals surface area contributed by atoms with E-state index >= 15 is 0 Å². The van der Waals surface area contributed by atoms with Crippen LogP contribution in [0.15, 0.2) is 36.4 Å². The molecule has 1 unspecified atom stereocenters. The summed E-state index contributed by atoms with van der Waals surface area (Å²) < 4.78 is 19.0. The van der Waals surface area contributed by atoms with Crippen molar-refractivity contribution in [3.8, 4) is 11.5 Å². The third-order valence-electron chi connectivity index (χ3n) is 3.33. The highest BCUT2D eigenvalue weighted by molar-refractivity contribution is 6.31. The Bertz CT molecular complexity index is 630. The van der Waals surface area contributed by atoms with Crippen LogP contribution in [-0.2, 0) is 0 Å². The van der Waals surface area contributed by atoms with Crippen LogP contribution in [0, 0.1) is 12.7 Å². The van der Waals surface area contributed by atoms with Gasteiger partial charge in [0.15, 0.2) is 0 Å². The van der Waals surface area contributed by atoms with E-state index in [1.807, 2.05) is 19.1 Å². The molecule has 2 aromatic carbocycles. The Balaban J connectivity index is 2.22. The Kier molecular flexibility index (Phi) is 5.21. The van der Waals surface area contributed by atoms with E-state index < -0.39 is 0 Å². The maximum absolute atomic E-state index is 13.3. The monoisotopic (exact) mass is 307 g/mol. The number of rotatable bonds is 5. The van der Waals surface area contributed by atoms with Gasteiger partial charge in [0.05, 0.1) is 0 Å². The highest BCUT2D eigenvalue weighted by Crippen LogP contribution is 2.31. The average Bonchev–Trinajstić information content (AvgIpc) is 2.43. The molecule has 0 radical (unpaired) electrons. The first kappa shape index (κ1) is 15.8.